The Bertz CT molecular complexity index is 1180. The normalized spacial score (nSPS) is 12.2. The van der Waals surface area contributed by atoms with E-state index in [0.717, 1.165) is 18.2 Å². The number of hydrogen-bond donors (Lipinski definition) is 3. The molecule has 3 aromatic rings. The fourth-order valence-corrected chi connectivity index (χ4v) is 3.93. The van der Waals surface area contributed by atoms with Gasteiger partial charge in [0.05, 0.1) is 13.0 Å². The maximum atomic E-state index is 12.4. The summed E-state index contributed by atoms with van der Waals surface area (Å²) >= 11 is 1.14. The SMILES string of the molecule is CCc1ccc(OCC(O)Cn2c(SCCC(=O)O)nc3c2c(=O)[nH]c(=O)n3C)cc1. The summed E-state index contributed by atoms with van der Waals surface area (Å²) in [4.78, 5) is 41.8. The van der Waals surface area contributed by atoms with Crippen LogP contribution in [0.4, 0.5) is 0 Å². The molecular formula is C20H24N4O6S. The Hall–Kier alpha value is -3.05. The average molecular weight is 449 g/mol. The number of carbonyl (C=O) groups is 1. The molecule has 0 aliphatic rings. The van der Waals surface area contributed by atoms with Gasteiger partial charge in [-0.1, -0.05) is 30.8 Å². The second-order valence-corrected chi connectivity index (χ2v) is 8.01. The minimum atomic E-state index is -0.973. The largest absolute Gasteiger partial charge is 0.491 e. The lowest BCUT2D eigenvalue weighted by atomic mass is 10.2. The number of aliphatic hydroxyl groups excluding tert-OH is 1. The van der Waals surface area contributed by atoms with Crippen molar-refractivity contribution < 1.29 is 19.7 Å². The van der Waals surface area contributed by atoms with Crippen molar-refractivity contribution in [1.82, 2.24) is 19.1 Å². The highest BCUT2D eigenvalue weighted by Gasteiger charge is 2.20. The quantitative estimate of drug-likeness (QED) is 0.390. The first-order valence-electron chi connectivity index (χ1n) is 9.74. The van der Waals surface area contributed by atoms with E-state index in [4.69, 9.17) is 9.84 Å². The molecule has 10 nitrogen and oxygen atoms in total. The lowest BCUT2D eigenvalue weighted by Crippen LogP contribution is -2.30. The van der Waals surface area contributed by atoms with Gasteiger partial charge < -0.3 is 19.5 Å². The molecule has 0 aliphatic carbocycles. The number of hydrogen-bond acceptors (Lipinski definition) is 7. The molecule has 0 fully saturated rings. The maximum absolute atomic E-state index is 12.4. The monoisotopic (exact) mass is 448 g/mol. The molecule has 1 aromatic carbocycles. The van der Waals surface area contributed by atoms with Crippen LogP contribution in [0.2, 0.25) is 0 Å². The van der Waals surface area contributed by atoms with E-state index in [2.05, 4.69) is 16.9 Å². The second-order valence-electron chi connectivity index (χ2n) is 6.95. The van der Waals surface area contributed by atoms with Crippen molar-refractivity contribution in [2.24, 2.45) is 7.05 Å². The molecule has 2 aromatic heterocycles. The highest BCUT2D eigenvalue weighted by Crippen LogP contribution is 2.23. The Morgan fingerprint density at radius 1 is 1.29 bits per heavy atom. The average Bonchev–Trinajstić information content (AvgIpc) is 3.09. The Kier molecular flexibility index (Phi) is 7.18. The number of fused-ring (bicyclic) bond motifs is 1. The molecule has 0 bridgehead atoms. The molecule has 3 N–H and O–H groups in total. The number of aromatic amines is 1. The zero-order valence-electron chi connectivity index (χ0n) is 17.2. The summed E-state index contributed by atoms with van der Waals surface area (Å²) in [5.74, 6) is -0.119. The van der Waals surface area contributed by atoms with Gasteiger partial charge in [0.25, 0.3) is 5.56 Å². The number of rotatable bonds is 10. The number of nitrogens with one attached hydrogen (secondary N) is 1. The second kappa shape index (κ2) is 9.84. The highest BCUT2D eigenvalue weighted by atomic mass is 32.2. The van der Waals surface area contributed by atoms with Gasteiger partial charge in [-0.05, 0) is 24.1 Å². The minimum absolute atomic E-state index is 0.0137. The topological polar surface area (TPSA) is 139 Å². The Morgan fingerprint density at radius 3 is 2.65 bits per heavy atom. The number of aliphatic carboxylic acids is 1. The molecule has 0 saturated carbocycles. The summed E-state index contributed by atoms with van der Waals surface area (Å²) < 4.78 is 8.34. The third-order valence-corrected chi connectivity index (χ3v) is 5.66. The molecule has 0 radical (unpaired) electrons. The molecule has 166 valence electrons. The third kappa shape index (κ3) is 5.36. The highest BCUT2D eigenvalue weighted by molar-refractivity contribution is 7.99. The van der Waals surface area contributed by atoms with Crippen LogP contribution in [-0.4, -0.2) is 53.7 Å². The first-order valence-corrected chi connectivity index (χ1v) is 10.7. The zero-order valence-corrected chi connectivity index (χ0v) is 18.0. The van der Waals surface area contributed by atoms with Crippen LogP contribution < -0.4 is 16.0 Å². The summed E-state index contributed by atoms with van der Waals surface area (Å²) in [6, 6.07) is 7.54. The summed E-state index contributed by atoms with van der Waals surface area (Å²) in [5.41, 5.74) is 0.231. The van der Waals surface area contributed by atoms with Gasteiger partial charge in [0.2, 0.25) is 0 Å². The van der Waals surface area contributed by atoms with Gasteiger partial charge in [0.15, 0.2) is 16.3 Å². The van der Waals surface area contributed by atoms with Crippen LogP contribution in [0.3, 0.4) is 0 Å². The van der Waals surface area contributed by atoms with Crippen LogP contribution >= 0.6 is 11.8 Å². The first kappa shape index (κ1) is 22.6. The molecule has 0 spiro atoms. The molecule has 0 amide bonds. The molecule has 1 atom stereocenters. The molecule has 0 aliphatic heterocycles. The van der Waals surface area contributed by atoms with Crippen LogP contribution in [-0.2, 0) is 24.8 Å². The third-order valence-electron chi connectivity index (χ3n) is 4.69. The molecule has 11 heteroatoms. The predicted octanol–water partition coefficient (Wildman–Crippen LogP) is 0.992. The van der Waals surface area contributed by atoms with Crippen molar-refractivity contribution in [3.05, 3.63) is 50.7 Å². The van der Waals surface area contributed by atoms with Crippen LogP contribution in [0.1, 0.15) is 18.9 Å². The van der Waals surface area contributed by atoms with E-state index >= 15 is 0 Å². The predicted molar refractivity (Wildman–Crippen MR) is 116 cm³/mol. The van der Waals surface area contributed by atoms with E-state index in [1.54, 1.807) is 0 Å². The zero-order chi connectivity index (χ0) is 22.5. The van der Waals surface area contributed by atoms with Crippen LogP contribution in [0.25, 0.3) is 11.2 Å². The van der Waals surface area contributed by atoms with Crippen molar-refractivity contribution >= 4 is 28.9 Å². The van der Waals surface area contributed by atoms with E-state index in [1.165, 1.54) is 21.7 Å². The van der Waals surface area contributed by atoms with E-state index in [9.17, 15) is 19.5 Å². The Labute approximate surface area is 181 Å². The van der Waals surface area contributed by atoms with Crippen molar-refractivity contribution in [3.63, 3.8) is 0 Å². The Morgan fingerprint density at radius 2 is 2.00 bits per heavy atom. The smallest absolute Gasteiger partial charge is 0.329 e. The minimum Gasteiger partial charge on any atom is -0.491 e. The van der Waals surface area contributed by atoms with E-state index < -0.39 is 23.3 Å². The van der Waals surface area contributed by atoms with Gasteiger partial charge >= 0.3 is 11.7 Å². The van der Waals surface area contributed by atoms with Crippen molar-refractivity contribution in [3.8, 4) is 5.75 Å². The molecule has 2 heterocycles. The lowest BCUT2D eigenvalue weighted by molar-refractivity contribution is -0.136. The number of aromatic nitrogens is 4. The summed E-state index contributed by atoms with van der Waals surface area (Å²) in [6.45, 7) is 2.02. The molecule has 0 saturated heterocycles. The number of carboxylic acid groups (broad SMARTS) is 1. The number of aliphatic hydroxyl groups is 1. The molecule has 31 heavy (non-hydrogen) atoms. The fraction of sp³-hybridized carbons (Fsp3) is 0.400. The Balaban J connectivity index is 1.83. The number of benzene rings is 1. The summed E-state index contributed by atoms with van der Waals surface area (Å²) in [6.07, 6.45) is -0.155. The summed E-state index contributed by atoms with van der Waals surface area (Å²) in [7, 11) is 1.48. The van der Waals surface area contributed by atoms with Gasteiger partial charge in [0, 0.05) is 12.8 Å². The van der Waals surface area contributed by atoms with Crippen molar-refractivity contribution in [2.75, 3.05) is 12.4 Å². The van der Waals surface area contributed by atoms with E-state index in [1.807, 2.05) is 24.3 Å². The molecular weight excluding hydrogens is 424 g/mol. The number of ether oxygens (including phenoxy) is 1. The van der Waals surface area contributed by atoms with Gasteiger partial charge in [-0.2, -0.15) is 0 Å². The van der Waals surface area contributed by atoms with Crippen molar-refractivity contribution in [1.29, 1.82) is 0 Å². The van der Waals surface area contributed by atoms with Crippen LogP contribution in [0, 0.1) is 0 Å². The fourth-order valence-electron chi connectivity index (χ4n) is 3.00. The number of H-pyrrole nitrogens is 1. The van der Waals surface area contributed by atoms with Gasteiger partial charge in [0.1, 0.15) is 18.5 Å². The molecule has 1 unspecified atom stereocenters. The van der Waals surface area contributed by atoms with Crippen molar-refractivity contribution in [2.45, 2.75) is 37.6 Å². The van der Waals surface area contributed by atoms with E-state index in [-0.39, 0.29) is 36.5 Å². The van der Waals surface area contributed by atoms with Gasteiger partial charge in [-0.3, -0.25) is 19.1 Å². The first-order chi connectivity index (χ1) is 14.8. The number of aryl methyl sites for hydroxylation is 2. The van der Waals surface area contributed by atoms with Crippen LogP contribution in [0.5, 0.6) is 5.75 Å². The number of imidazole rings is 1. The van der Waals surface area contributed by atoms with Gasteiger partial charge in [-0.25, -0.2) is 9.78 Å². The maximum Gasteiger partial charge on any atom is 0.329 e. The number of nitrogens with zero attached hydrogens (tertiary/aromatic N) is 3. The number of thioether (sulfide) groups is 1. The summed E-state index contributed by atoms with van der Waals surface area (Å²) in [5, 5.41) is 19.8. The molecule has 3 rings (SSSR count). The number of carboxylic acids is 1. The lowest BCUT2D eigenvalue weighted by Gasteiger charge is -2.15. The van der Waals surface area contributed by atoms with Crippen LogP contribution in [0.15, 0.2) is 39.0 Å². The van der Waals surface area contributed by atoms with Gasteiger partial charge in [-0.15, -0.1) is 0 Å². The standard InChI is InChI=1S/C20H24N4O6S/c1-3-12-4-6-14(7-5-12)30-11-13(25)10-24-16-17(23(2)19(29)22-18(16)28)21-20(24)31-9-8-15(26)27/h4-7,13,25H,3,8-11H2,1-2H3,(H,26,27)(H,22,28,29). The van der Waals surface area contributed by atoms with E-state index in [0.29, 0.717) is 10.9 Å².